The van der Waals surface area contributed by atoms with Gasteiger partial charge in [-0.1, -0.05) is 0 Å². The zero-order chi connectivity index (χ0) is 12.1. The van der Waals surface area contributed by atoms with Gasteiger partial charge in [-0.05, 0) is 32.9 Å². The molecule has 0 aliphatic carbocycles. The molecule has 0 radical (unpaired) electrons. The lowest BCUT2D eigenvalue weighted by atomic mass is 10.3. The summed E-state index contributed by atoms with van der Waals surface area (Å²) in [5, 5.41) is 10.8. The molecule has 0 spiro atoms. The highest BCUT2D eigenvalue weighted by atomic mass is 16.2. The zero-order valence-corrected chi connectivity index (χ0v) is 10.2. The fourth-order valence-electron chi connectivity index (χ4n) is 1.14. The predicted molar refractivity (Wildman–Crippen MR) is 63.4 cm³/mol. The number of nitrogens with zero attached hydrogens (tertiary/aromatic N) is 3. The summed E-state index contributed by atoms with van der Waals surface area (Å²) in [6.07, 6.45) is 0. The Morgan fingerprint density at radius 3 is 2.56 bits per heavy atom. The van der Waals surface area contributed by atoms with Crippen LogP contribution in [0.15, 0.2) is 12.1 Å². The normalized spacial score (nSPS) is 10.3. The smallest absolute Gasteiger partial charge is 0.274 e. The Hall–Kier alpha value is -1.65. The first-order chi connectivity index (χ1) is 7.56. The van der Waals surface area contributed by atoms with Crippen LogP contribution in [0.5, 0.6) is 0 Å². The molecule has 1 heterocycles. The monoisotopic (exact) mass is 222 g/mol. The van der Waals surface area contributed by atoms with E-state index in [1.54, 1.807) is 24.1 Å². The van der Waals surface area contributed by atoms with Gasteiger partial charge in [0.2, 0.25) is 0 Å². The number of hydrogen-bond acceptors (Lipinski definition) is 4. The highest BCUT2D eigenvalue weighted by Gasteiger charge is 2.15. The van der Waals surface area contributed by atoms with Gasteiger partial charge in [-0.3, -0.25) is 4.79 Å². The molecule has 0 unspecified atom stereocenters. The number of rotatable bonds is 4. The maximum atomic E-state index is 11.9. The second kappa shape index (κ2) is 5.44. The molecule has 88 valence electrons. The van der Waals surface area contributed by atoms with Crippen molar-refractivity contribution >= 4 is 11.7 Å². The van der Waals surface area contributed by atoms with Gasteiger partial charge in [0.1, 0.15) is 5.82 Å². The summed E-state index contributed by atoms with van der Waals surface area (Å²) >= 11 is 0. The minimum atomic E-state index is -0.106. The molecular formula is C11H18N4O. The van der Waals surface area contributed by atoms with Gasteiger partial charge >= 0.3 is 0 Å². The molecule has 5 heteroatoms. The molecule has 0 bridgehead atoms. The Morgan fingerprint density at radius 2 is 2.12 bits per heavy atom. The highest BCUT2D eigenvalue weighted by Crippen LogP contribution is 2.05. The summed E-state index contributed by atoms with van der Waals surface area (Å²) in [6, 6.07) is 3.60. The van der Waals surface area contributed by atoms with E-state index in [9.17, 15) is 4.79 Å². The highest BCUT2D eigenvalue weighted by molar-refractivity contribution is 5.92. The van der Waals surface area contributed by atoms with Crippen molar-refractivity contribution in [3.63, 3.8) is 0 Å². The Bertz CT molecular complexity index is 348. The summed E-state index contributed by atoms with van der Waals surface area (Å²) < 4.78 is 0. The Balaban J connectivity index is 2.77. The summed E-state index contributed by atoms with van der Waals surface area (Å²) in [7, 11) is 1.76. The number of nitrogens with one attached hydrogen (secondary N) is 1. The molecule has 1 amide bonds. The second-order valence-corrected chi connectivity index (χ2v) is 3.84. The van der Waals surface area contributed by atoms with Crippen molar-refractivity contribution < 1.29 is 4.79 Å². The van der Waals surface area contributed by atoms with Crippen LogP contribution in [0.1, 0.15) is 31.3 Å². The van der Waals surface area contributed by atoms with Gasteiger partial charge in [-0.15, -0.1) is 10.2 Å². The lowest BCUT2D eigenvalue weighted by molar-refractivity contribution is 0.0748. The van der Waals surface area contributed by atoms with Crippen LogP contribution < -0.4 is 5.32 Å². The van der Waals surface area contributed by atoms with E-state index in [1.807, 2.05) is 20.8 Å². The largest absolute Gasteiger partial charge is 0.369 e. The van der Waals surface area contributed by atoms with E-state index in [-0.39, 0.29) is 11.9 Å². The van der Waals surface area contributed by atoms with Crippen LogP contribution in [0, 0.1) is 0 Å². The van der Waals surface area contributed by atoms with Crippen molar-refractivity contribution in [1.29, 1.82) is 0 Å². The molecule has 1 aromatic rings. The maximum absolute atomic E-state index is 11.9. The molecule has 0 aromatic carbocycles. The van der Waals surface area contributed by atoms with Crippen molar-refractivity contribution in [2.24, 2.45) is 0 Å². The summed E-state index contributed by atoms with van der Waals surface area (Å²) in [4.78, 5) is 13.5. The van der Waals surface area contributed by atoms with Crippen LogP contribution in [0.3, 0.4) is 0 Å². The first-order valence-electron chi connectivity index (χ1n) is 5.41. The SMILES string of the molecule is CCNc1ccc(C(=O)N(C)C(C)C)nn1. The van der Waals surface area contributed by atoms with E-state index < -0.39 is 0 Å². The van der Waals surface area contributed by atoms with E-state index in [0.29, 0.717) is 11.5 Å². The molecule has 0 saturated heterocycles. The van der Waals surface area contributed by atoms with Gasteiger partial charge in [-0.2, -0.15) is 0 Å². The van der Waals surface area contributed by atoms with Gasteiger partial charge in [0.25, 0.3) is 5.91 Å². The lowest BCUT2D eigenvalue weighted by Crippen LogP contribution is -2.33. The zero-order valence-electron chi connectivity index (χ0n) is 10.2. The number of anilines is 1. The third-order valence-electron chi connectivity index (χ3n) is 2.34. The molecule has 0 aliphatic heterocycles. The Kier molecular flexibility index (Phi) is 4.22. The van der Waals surface area contributed by atoms with Crippen molar-refractivity contribution in [3.05, 3.63) is 17.8 Å². The van der Waals surface area contributed by atoms with Gasteiger partial charge < -0.3 is 10.2 Å². The summed E-state index contributed by atoms with van der Waals surface area (Å²) in [5.41, 5.74) is 0.373. The topological polar surface area (TPSA) is 58.1 Å². The van der Waals surface area contributed by atoms with Crippen LogP contribution in [0.25, 0.3) is 0 Å². The number of aromatic nitrogens is 2. The Morgan fingerprint density at radius 1 is 1.44 bits per heavy atom. The van der Waals surface area contributed by atoms with Gasteiger partial charge in [0.15, 0.2) is 5.69 Å². The number of amides is 1. The fourth-order valence-corrected chi connectivity index (χ4v) is 1.14. The molecule has 0 aliphatic rings. The van der Waals surface area contributed by atoms with Crippen LogP contribution in [-0.2, 0) is 0 Å². The van der Waals surface area contributed by atoms with Crippen LogP contribution in [0.2, 0.25) is 0 Å². The van der Waals surface area contributed by atoms with Crippen molar-refractivity contribution in [2.45, 2.75) is 26.8 Å². The number of carbonyl (C=O) groups is 1. The van der Waals surface area contributed by atoms with E-state index in [1.165, 1.54) is 0 Å². The minimum absolute atomic E-state index is 0.106. The average molecular weight is 222 g/mol. The minimum Gasteiger partial charge on any atom is -0.369 e. The van der Waals surface area contributed by atoms with E-state index in [4.69, 9.17) is 0 Å². The average Bonchev–Trinajstić information content (AvgIpc) is 2.28. The van der Waals surface area contributed by atoms with E-state index in [2.05, 4.69) is 15.5 Å². The lowest BCUT2D eigenvalue weighted by Gasteiger charge is -2.20. The van der Waals surface area contributed by atoms with Gasteiger partial charge in [-0.25, -0.2) is 0 Å². The summed E-state index contributed by atoms with van der Waals surface area (Å²) in [6.45, 7) is 6.68. The Labute approximate surface area is 95.9 Å². The van der Waals surface area contributed by atoms with Gasteiger partial charge in [0, 0.05) is 19.6 Å². The van der Waals surface area contributed by atoms with Crippen molar-refractivity contribution in [3.8, 4) is 0 Å². The molecular weight excluding hydrogens is 204 g/mol. The van der Waals surface area contributed by atoms with Crippen molar-refractivity contribution in [2.75, 3.05) is 18.9 Å². The third kappa shape index (κ3) is 2.92. The van der Waals surface area contributed by atoms with Crippen LogP contribution in [0.4, 0.5) is 5.82 Å². The van der Waals surface area contributed by atoms with Crippen molar-refractivity contribution in [1.82, 2.24) is 15.1 Å². The standard InChI is InChI=1S/C11H18N4O/c1-5-12-10-7-6-9(13-14-10)11(16)15(4)8(2)3/h6-8H,5H2,1-4H3,(H,12,14). The molecule has 1 aromatic heterocycles. The predicted octanol–water partition coefficient (Wildman–Crippen LogP) is 1.39. The fraction of sp³-hybridized carbons (Fsp3) is 0.545. The van der Waals surface area contributed by atoms with Gasteiger partial charge in [0.05, 0.1) is 0 Å². The van der Waals surface area contributed by atoms with Crippen LogP contribution in [-0.4, -0.2) is 40.6 Å². The molecule has 5 nitrogen and oxygen atoms in total. The van der Waals surface area contributed by atoms with E-state index >= 15 is 0 Å². The number of carbonyl (C=O) groups excluding carboxylic acids is 1. The quantitative estimate of drug-likeness (QED) is 0.836. The molecule has 1 N–H and O–H groups in total. The first kappa shape index (κ1) is 12.4. The first-order valence-corrected chi connectivity index (χ1v) is 5.41. The van der Waals surface area contributed by atoms with E-state index in [0.717, 1.165) is 6.54 Å². The molecule has 1 rings (SSSR count). The summed E-state index contributed by atoms with van der Waals surface area (Å²) in [5.74, 6) is 0.580. The van der Waals surface area contributed by atoms with Crippen LogP contribution >= 0.6 is 0 Å². The molecule has 0 fully saturated rings. The molecule has 16 heavy (non-hydrogen) atoms. The maximum Gasteiger partial charge on any atom is 0.274 e. The number of hydrogen-bond donors (Lipinski definition) is 1. The second-order valence-electron chi connectivity index (χ2n) is 3.84. The molecule has 0 atom stereocenters. The third-order valence-corrected chi connectivity index (χ3v) is 2.34. The molecule has 0 saturated carbocycles.